The number of carbonyl (C=O) groups is 1. The van der Waals surface area contributed by atoms with Crippen LogP contribution in [0.3, 0.4) is 0 Å². The normalized spacial score (nSPS) is 10.3. The highest BCUT2D eigenvalue weighted by molar-refractivity contribution is 14.1. The largest absolute Gasteiger partial charge is 0.493 e. The van der Waals surface area contributed by atoms with Crippen LogP contribution in [0.5, 0.6) is 11.5 Å². The van der Waals surface area contributed by atoms with Crippen molar-refractivity contribution in [1.29, 1.82) is 0 Å². The van der Waals surface area contributed by atoms with Gasteiger partial charge in [-0.2, -0.15) is 4.98 Å². The Bertz CT molecular complexity index is 739. The summed E-state index contributed by atoms with van der Waals surface area (Å²) in [5.74, 6) is 0.219. The van der Waals surface area contributed by atoms with Gasteiger partial charge in [-0.3, -0.25) is 0 Å². The highest BCUT2D eigenvalue weighted by Crippen LogP contribution is 2.34. The Morgan fingerprint density at radius 3 is 2.74 bits per heavy atom. The van der Waals surface area contributed by atoms with Gasteiger partial charge in [0.15, 0.2) is 18.1 Å². The van der Waals surface area contributed by atoms with Gasteiger partial charge >= 0.3 is 5.97 Å². The lowest BCUT2D eigenvalue weighted by atomic mass is 10.1. The van der Waals surface area contributed by atoms with Gasteiger partial charge in [0, 0.05) is 18.2 Å². The summed E-state index contributed by atoms with van der Waals surface area (Å²) >= 11 is 2.06. The number of nitrogens with two attached hydrogens (primary N) is 2. The van der Waals surface area contributed by atoms with Crippen LogP contribution in [-0.4, -0.2) is 34.8 Å². The molecule has 0 radical (unpaired) electrons. The Balaban J connectivity index is 2.30. The van der Waals surface area contributed by atoms with E-state index in [9.17, 15) is 4.79 Å². The lowest BCUT2D eigenvalue weighted by Gasteiger charge is -2.14. The van der Waals surface area contributed by atoms with E-state index < -0.39 is 12.6 Å². The Hall–Kier alpha value is -2.30. The Morgan fingerprint density at radius 2 is 2.13 bits per heavy atom. The Morgan fingerprint density at radius 1 is 1.39 bits per heavy atom. The molecule has 122 valence electrons. The number of benzene rings is 1. The van der Waals surface area contributed by atoms with E-state index in [1.807, 2.05) is 6.07 Å². The van der Waals surface area contributed by atoms with Crippen LogP contribution in [0.2, 0.25) is 0 Å². The average molecular weight is 430 g/mol. The van der Waals surface area contributed by atoms with Gasteiger partial charge in [-0.1, -0.05) is 0 Å². The van der Waals surface area contributed by atoms with Crippen molar-refractivity contribution in [1.82, 2.24) is 9.97 Å². The van der Waals surface area contributed by atoms with E-state index in [1.54, 1.807) is 12.3 Å². The summed E-state index contributed by atoms with van der Waals surface area (Å²) in [6.45, 7) is -0.440. The van der Waals surface area contributed by atoms with E-state index in [0.717, 1.165) is 14.7 Å². The van der Waals surface area contributed by atoms with Crippen LogP contribution in [0.15, 0.2) is 18.3 Å². The van der Waals surface area contributed by atoms with Crippen molar-refractivity contribution in [3.8, 4) is 11.5 Å². The lowest BCUT2D eigenvalue weighted by molar-refractivity contribution is -0.139. The lowest BCUT2D eigenvalue weighted by Crippen LogP contribution is -2.11. The molecule has 8 nitrogen and oxygen atoms in total. The van der Waals surface area contributed by atoms with Gasteiger partial charge in [0.1, 0.15) is 5.82 Å². The highest BCUT2D eigenvalue weighted by atomic mass is 127. The Kier molecular flexibility index (Phi) is 5.42. The zero-order valence-electron chi connectivity index (χ0n) is 12.2. The van der Waals surface area contributed by atoms with Crippen LogP contribution in [0, 0.1) is 3.57 Å². The number of aromatic nitrogens is 2. The molecule has 9 heteroatoms. The molecule has 0 spiro atoms. The van der Waals surface area contributed by atoms with Gasteiger partial charge in [-0.15, -0.1) is 0 Å². The number of carboxylic acids is 1. The van der Waals surface area contributed by atoms with Crippen LogP contribution >= 0.6 is 22.6 Å². The quantitative estimate of drug-likeness (QED) is 0.585. The molecule has 1 heterocycles. The molecular formula is C14H15IN4O4. The first-order valence-corrected chi connectivity index (χ1v) is 7.56. The minimum atomic E-state index is -1.06. The summed E-state index contributed by atoms with van der Waals surface area (Å²) in [6, 6.07) is 3.62. The van der Waals surface area contributed by atoms with Crippen molar-refractivity contribution in [2.45, 2.75) is 6.42 Å². The molecule has 0 aliphatic carbocycles. The Labute approximate surface area is 146 Å². The summed E-state index contributed by atoms with van der Waals surface area (Å²) in [5.41, 5.74) is 12.9. The maximum absolute atomic E-state index is 10.7. The first-order chi connectivity index (χ1) is 10.9. The number of hydrogen-bond acceptors (Lipinski definition) is 7. The van der Waals surface area contributed by atoms with Crippen LogP contribution in [0.4, 0.5) is 11.8 Å². The molecule has 1 aromatic carbocycles. The van der Waals surface area contributed by atoms with E-state index in [2.05, 4.69) is 32.6 Å². The maximum atomic E-state index is 10.7. The summed E-state index contributed by atoms with van der Waals surface area (Å²) in [6.07, 6.45) is 2.06. The minimum Gasteiger partial charge on any atom is -0.493 e. The zero-order chi connectivity index (χ0) is 17.0. The number of ether oxygens (including phenoxy) is 2. The van der Waals surface area contributed by atoms with E-state index >= 15 is 0 Å². The van der Waals surface area contributed by atoms with Crippen molar-refractivity contribution < 1.29 is 19.4 Å². The predicted octanol–water partition coefficient (Wildman–Crippen LogP) is 1.31. The molecule has 0 saturated carbocycles. The average Bonchev–Trinajstić information content (AvgIpc) is 2.48. The van der Waals surface area contributed by atoms with Gasteiger partial charge in [0.2, 0.25) is 5.95 Å². The van der Waals surface area contributed by atoms with E-state index in [1.165, 1.54) is 7.11 Å². The third-order valence-corrected chi connectivity index (χ3v) is 3.74. The van der Waals surface area contributed by atoms with Gasteiger partial charge in [0.05, 0.1) is 10.7 Å². The molecule has 0 atom stereocenters. The smallest absolute Gasteiger partial charge is 0.341 e. The number of hydrogen-bond donors (Lipinski definition) is 3. The number of methoxy groups -OCH3 is 1. The zero-order valence-corrected chi connectivity index (χ0v) is 14.4. The summed E-state index contributed by atoms with van der Waals surface area (Å²) < 4.78 is 11.3. The predicted molar refractivity (Wildman–Crippen MR) is 92.5 cm³/mol. The molecule has 0 saturated heterocycles. The molecule has 0 aliphatic rings. The van der Waals surface area contributed by atoms with Gasteiger partial charge in [-0.05, 0) is 40.3 Å². The molecule has 0 fully saturated rings. The van der Waals surface area contributed by atoms with E-state index in [4.69, 9.17) is 26.0 Å². The third-order valence-electron chi connectivity index (χ3n) is 2.94. The SMILES string of the molecule is COc1cc(Cc2cnc(N)nc2N)cc(I)c1OCC(=O)O. The second kappa shape index (κ2) is 7.31. The van der Waals surface area contributed by atoms with Gasteiger partial charge in [-0.25, -0.2) is 9.78 Å². The fraction of sp³-hybridized carbons (Fsp3) is 0.214. The molecule has 23 heavy (non-hydrogen) atoms. The number of aliphatic carboxylic acids is 1. The van der Waals surface area contributed by atoms with Crippen molar-refractivity contribution in [2.24, 2.45) is 0 Å². The van der Waals surface area contributed by atoms with Crippen molar-refractivity contribution >= 4 is 40.3 Å². The number of rotatable bonds is 6. The first-order valence-electron chi connectivity index (χ1n) is 6.48. The van der Waals surface area contributed by atoms with E-state index in [0.29, 0.717) is 23.7 Å². The monoisotopic (exact) mass is 430 g/mol. The standard InChI is InChI=1S/C14H15IN4O4/c1-22-10-4-7(2-8-5-18-14(17)19-13(8)16)3-9(15)12(10)23-6-11(20)21/h3-5H,2,6H2,1H3,(H,20,21)(H4,16,17,18,19). The third kappa shape index (κ3) is 4.34. The molecule has 1 aromatic heterocycles. The van der Waals surface area contributed by atoms with Gasteiger partial charge < -0.3 is 26.0 Å². The number of anilines is 2. The molecule has 2 rings (SSSR count). The molecule has 5 N–H and O–H groups in total. The van der Waals surface area contributed by atoms with Crippen LogP contribution in [-0.2, 0) is 11.2 Å². The summed E-state index contributed by atoms with van der Waals surface area (Å²) in [7, 11) is 1.49. The fourth-order valence-electron chi connectivity index (χ4n) is 1.94. The first kappa shape index (κ1) is 17.1. The number of carboxylic acid groups (broad SMARTS) is 1. The molecule has 2 aromatic rings. The van der Waals surface area contributed by atoms with Crippen LogP contribution in [0.1, 0.15) is 11.1 Å². The second-order valence-electron chi connectivity index (χ2n) is 4.61. The summed E-state index contributed by atoms with van der Waals surface area (Å²) in [4.78, 5) is 18.5. The number of nitrogens with zero attached hydrogens (tertiary/aromatic N) is 2. The van der Waals surface area contributed by atoms with Gasteiger partial charge in [0.25, 0.3) is 0 Å². The fourth-order valence-corrected chi connectivity index (χ4v) is 2.76. The molecular weight excluding hydrogens is 415 g/mol. The van der Waals surface area contributed by atoms with Crippen molar-refractivity contribution in [2.75, 3.05) is 25.2 Å². The second-order valence-corrected chi connectivity index (χ2v) is 5.77. The van der Waals surface area contributed by atoms with Crippen LogP contribution in [0.25, 0.3) is 0 Å². The van der Waals surface area contributed by atoms with Crippen molar-refractivity contribution in [3.05, 3.63) is 33.0 Å². The maximum Gasteiger partial charge on any atom is 0.341 e. The summed E-state index contributed by atoms with van der Waals surface area (Å²) in [5, 5.41) is 8.73. The minimum absolute atomic E-state index is 0.121. The topological polar surface area (TPSA) is 134 Å². The molecule has 0 bridgehead atoms. The van der Waals surface area contributed by atoms with Crippen LogP contribution < -0.4 is 20.9 Å². The molecule has 0 aliphatic heterocycles. The van der Waals surface area contributed by atoms with Crippen molar-refractivity contribution in [3.63, 3.8) is 0 Å². The molecule has 0 unspecified atom stereocenters. The highest BCUT2D eigenvalue weighted by Gasteiger charge is 2.14. The number of nitrogen functional groups attached to an aromatic ring is 2. The molecule has 0 amide bonds. The number of halogens is 1. The van der Waals surface area contributed by atoms with E-state index in [-0.39, 0.29) is 5.95 Å².